The molecule has 0 bridgehead atoms. The molecule has 8 nitrogen and oxygen atoms in total. The zero-order valence-electron chi connectivity index (χ0n) is 24.5. The quantitative estimate of drug-likeness (QED) is 0.178. The van der Waals surface area contributed by atoms with Crippen molar-refractivity contribution >= 4 is 22.8 Å². The summed E-state index contributed by atoms with van der Waals surface area (Å²) < 4.78 is 44.5. The highest BCUT2D eigenvalue weighted by Gasteiger charge is 2.57. The van der Waals surface area contributed by atoms with Crippen LogP contribution in [0.1, 0.15) is 39.5 Å². The second kappa shape index (κ2) is 10.3. The highest BCUT2D eigenvalue weighted by molar-refractivity contribution is 6.33. The Kier molecular flexibility index (Phi) is 6.03. The normalized spacial score (nSPS) is 24.3. The van der Waals surface area contributed by atoms with Gasteiger partial charge in [0.25, 0.3) is 0 Å². The summed E-state index contributed by atoms with van der Waals surface area (Å²) in [7, 11) is 0. The number of rotatable bonds is 7. The van der Waals surface area contributed by atoms with Crippen LogP contribution in [0.4, 0.5) is 0 Å². The monoisotopic (exact) mass is 570 g/mol. The van der Waals surface area contributed by atoms with E-state index in [2.05, 4.69) is 51.4 Å². The molecular formula is C32H29ClN4O4. The zero-order chi connectivity index (χ0) is 29.8. The first-order valence-corrected chi connectivity index (χ1v) is 13.8. The van der Waals surface area contributed by atoms with Gasteiger partial charge < -0.3 is 18.9 Å². The molecule has 41 heavy (non-hydrogen) atoms. The van der Waals surface area contributed by atoms with Crippen LogP contribution in [-0.4, -0.2) is 50.2 Å². The predicted molar refractivity (Wildman–Crippen MR) is 153 cm³/mol. The van der Waals surface area contributed by atoms with Gasteiger partial charge in [0, 0.05) is 0 Å². The molecule has 7 rings (SSSR count). The largest absolute Gasteiger partial charge is 0.358 e. The molecule has 0 radical (unpaired) electrons. The van der Waals surface area contributed by atoms with Crippen molar-refractivity contribution in [3.8, 4) is 0 Å². The number of hydrogen-bond donors (Lipinski definition) is 0. The van der Waals surface area contributed by atoms with Gasteiger partial charge in [-0.05, 0) is 30.5 Å². The van der Waals surface area contributed by atoms with E-state index >= 15 is 0 Å². The van der Waals surface area contributed by atoms with Crippen LogP contribution in [0.15, 0.2) is 104 Å². The van der Waals surface area contributed by atoms with Crippen molar-refractivity contribution in [1.29, 1.82) is 0 Å². The lowest BCUT2D eigenvalue weighted by molar-refractivity contribution is -0.204. The SMILES string of the molecule is [2H]c1nc(Cl)c2nc([2H])n([C@@H]3O[C@H](COC(c4ccccc4)(c4ccccc4)c4ccccc4)[C@H]4OC(C)(C)O[C@H]43)c2n1. The van der Waals surface area contributed by atoms with Crippen LogP contribution in [0.5, 0.6) is 0 Å². The van der Waals surface area contributed by atoms with E-state index in [0.29, 0.717) is 0 Å². The smallest absolute Gasteiger partial charge is 0.167 e. The summed E-state index contributed by atoms with van der Waals surface area (Å²) in [5.74, 6) is -0.906. The van der Waals surface area contributed by atoms with E-state index in [9.17, 15) is 0 Å². The van der Waals surface area contributed by atoms with Gasteiger partial charge in [0.1, 0.15) is 38.5 Å². The zero-order valence-corrected chi connectivity index (χ0v) is 23.2. The first-order chi connectivity index (χ1) is 20.8. The Labute approximate surface area is 245 Å². The number of aromatic nitrogens is 4. The van der Waals surface area contributed by atoms with Crippen LogP contribution in [0.2, 0.25) is 5.15 Å². The van der Waals surface area contributed by atoms with Gasteiger partial charge in [-0.1, -0.05) is 103 Å². The number of ether oxygens (including phenoxy) is 4. The number of nitrogens with zero attached hydrogens (tertiary/aromatic N) is 4. The molecule has 0 spiro atoms. The van der Waals surface area contributed by atoms with Gasteiger partial charge in [-0.2, -0.15) is 0 Å². The van der Waals surface area contributed by atoms with Gasteiger partial charge in [0.05, 0.1) is 12.9 Å². The molecule has 2 aliphatic heterocycles. The van der Waals surface area contributed by atoms with Gasteiger partial charge in [0.2, 0.25) is 0 Å². The van der Waals surface area contributed by atoms with Crippen molar-refractivity contribution in [2.24, 2.45) is 0 Å². The third kappa shape index (κ3) is 4.52. The van der Waals surface area contributed by atoms with Gasteiger partial charge in [-0.15, -0.1) is 0 Å². The Bertz CT molecular complexity index is 1660. The summed E-state index contributed by atoms with van der Waals surface area (Å²) in [5, 5.41) is -0.000956. The van der Waals surface area contributed by atoms with Crippen LogP contribution in [0.25, 0.3) is 11.2 Å². The number of hydrogen-bond acceptors (Lipinski definition) is 7. The summed E-state index contributed by atoms with van der Waals surface area (Å²) in [6.45, 7) is 3.82. The molecule has 0 saturated carbocycles. The summed E-state index contributed by atoms with van der Waals surface area (Å²) in [5.41, 5.74) is 2.37. The first-order valence-electron chi connectivity index (χ1n) is 14.5. The van der Waals surface area contributed by atoms with Crippen LogP contribution in [0, 0.1) is 0 Å². The van der Waals surface area contributed by atoms with Crippen molar-refractivity contribution < 1.29 is 21.7 Å². The van der Waals surface area contributed by atoms with Crippen LogP contribution < -0.4 is 0 Å². The molecule has 3 aromatic carbocycles. The second-order valence-corrected chi connectivity index (χ2v) is 10.9. The fourth-order valence-corrected chi connectivity index (χ4v) is 6.05. The average Bonchev–Trinajstić information content (AvgIpc) is 3.62. The summed E-state index contributed by atoms with van der Waals surface area (Å²) in [6, 6.07) is 30.3. The van der Waals surface area contributed by atoms with Crippen molar-refractivity contribution in [2.75, 3.05) is 6.61 Å². The molecule has 2 aliphatic rings. The Morgan fingerprint density at radius 1 is 0.854 bits per heavy atom. The Morgan fingerprint density at radius 3 is 2.00 bits per heavy atom. The first kappa shape index (κ1) is 24.0. The summed E-state index contributed by atoms with van der Waals surface area (Å²) >= 11 is 6.27. The molecule has 0 N–H and O–H groups in total. The number of fused-ring (bicyclic) bond motifs is 2. The molecule has 2 aromatic heterocycles. The number of imidazole rings is 1. The number of benzene rings is 3. The van der Waals surface area contributed by atoms with Crippen molar-refractivity contribution in [1.82, 2.24) is 19.5 Å². The van der Waals surface area contributed by atoms with E-state index in [4.69, 9.17) is 33.3 Å². The number of halogens is 1. The van der Waals surface area contributed by atoms with Crippen LogP contribution in [-0.2, 0) is 24.5 Å². The maximum absolute atomic E-state index is 8.64. The minimum atomic E-state index is -0.959. The third-order valence-corrected chi connectivity index (χ3v) is 7.86. The van der Waals surface area contributed by atoms with E-state index in [1.807, 2.05) is 68.4 Å². The molecular weight excluding hydrogens is 540 g/mol. The molecule has 0 unspecified atom stereocenters. The predicted octanol–water partition coefficient (Wildman–Crippen LogP) is 5.91. The fraction of sp³-hybridized carbons (Fsp3) is 0.281. The Morgan fingerprint density at radius 2 is 1.41 bits per heavy atom. The maximum atomic E-state index is 8.64. The molecule has 2 saturated heterocycles. The van der Waals surface area contributed by atoms with Crippen molar-refractivity contribution in [3.63, 3.8) is 0 Å². The lowest BCUT2D eigenvalue weighted by Crippen LogP contribution is -2.39. The lowest BCUT2D eigenvalue weighted by atomic mass is 9.80. The molecule has 208 valence electrons. The van der Waals surface area contributed by atoms with Crippen LogP contribution >= 0.6 is 11.6 Å². The van der Waals surface area contributed by atoms with E-state index in [0.717, 1.165) is 16.7 Å². The Hall–Kier alpha value is -3.66. The molecule has 4 heterocycles. The van der Waals surface area contributed by atoms with E-state index in [-0.39, 0.29) is 35.5 Å². The average molecular weight is 571 g/mol. The molecule has 0 aliphatic carbocycles. The Balaban J connectivity index is 1.30. The molecule has 5 aromatic rings. The minimum absolute atomic E-state index is 0.000956. The van der Waals surface area contributed by atoms with Gasteiger partial charge >= 0.3 is 0 Å². The van der Waals surface area contributed by atoms with E-state index < -0.39 is 35.9 Å². The van der Waals surface area contributed by atoms with Gasteiger partial charge in [-0.25, -0.2) is 15.0 Å². The van der Waals surface area contributed by atoms with Crippen LogP contribution in [0.3, 0.4) is 0 Å². The molecule has 2 fully saturated rings. The summed E-state index contributed by atoms with van der Waals surface area (Å²) in [4.78, 5) is 12.4. The van der Waals surface area contributed by atoms with Gasteiger partial charge in [-0.3, -0.25) is 4.57 Å². The fourth-order valence-electron chi connectivity index (χ4n) is 5.88. The topological polar surface area (TPSA) is 80.5 Å². The maximum Gasteiger partial charge on any atom is 0.167 e. The third-order valence-electron chi connectivity index (χ3n) is 7.59. The lowest BCUT2D eigenvalue weighted by Gasteiger charge is -2.37. The molecule has 0 amide bonds. The molecule has 4 atom stereocenters. The molecule has 9 heteroatoms. The van der Waals surface area contributed by atoms with Gasteiger partial charge in [0.15, 0.2) is 22.8 Å². The standard InChI is InChI=1S/C32H29ClN4O4/c1-31(2)40-26-24(39-30(27(26)41-31)37-20-36-25-28(33)34-19-35-29(25)37)18-38-32(21-12-6-3-7-13-21,22-14-8-4-9-15-22)23-16-10-5-11-17-23/h3-17,19-20,24,26-27,30H,18H2,1-2H3/t24-,26-,27-,30-/m1/s1/i19D,20D. The van der Waals surface area contributed by atoms with Crippen molar-refractivity contribution in [3.05, 3.63) is 125 Å². The minimum Gasteiger partial charge on any atom is -0.358 e. The van der Waals surface area contributed by atoms with Crippen molar-refractivity contribution in [2.45, 2.75) is 49.8 Å². The second-order valence-electron chi connectivity index (χ2n) is 10.6. The summed E-state index contributed by atoms with van der Waals surface area (Å²) in [6.07, 6.45) is -2.96. The van der Waals surface area contributed by atoms with E-state index in [1.54, 1.807) is 0 Å². The van der Waals surface area contributed by atoms with E-state index in [1.165, 1.54) is 4.57 Å². The highest BCUT2D eigenvalue weighted by atomic mass is 35.5. The highest BCUT2D eigenvalue weighted by Crippen LogP contribution is 2.46.